The molecule has 0 aliphatic rings. The Bertz CT molecular complexity index is 1700. The minimum Gasteiger partial charge on any atom is -0.456 e. The zero-order chi connectivity index (χ0) is 57.2. The molecule has 1 amide bonds. The molecule has 0 saturated carbocycles. The summed E-state index contributed by atoms with van der Waals surface area (Å²) >= 11 is 0. The molecular formula is C68H120N2O7P+. The summed E-state index contributed by atoms with van der Waals surface area (Å²) in [6.07, 6.45) is 78.1. The molecular weight excluding hydrogens is 988 g/mol. The van der Waals surface area contributed by atoms with Gasteiger partial charge in [0.25, 0.3) is 0 Å². The third-order valence-corrected chi connectivity index (χ3v) is 14.4. The van der Waals surface area contributed by atoms with Crippen molar-refractivity contribution < 1.29 is 37.3 Å². The number of phosphoric acid groups is 1. The second kappa shape index (κ2) is 56.9. The van der Waals surface area contributed by atoms with Crippen LogP contribution in [0, 0.1) is 0 Å². The molecule has 0 fully saturated rings. The van der Waals surface area contributed by atoms with Crippen LogP contribution >= 0.6 is 7.82 Å². The standard InChI is InChI=1S/C68H119N2O7P/c1-7-10-13-16-19-22-25-27-29-31-32-33-34-35-36-37-38-39-41-43-46-49-52-55-58-61-68(72)77-66(59-56-53-50-47-44-24-21-18-15-12-9-3)65(64-76-78(73,74)75-63-62-70(4,5)6)69-67(71)60-57-54-51-48-45-42-40-30-28-26-23-20-17-14-11-8-2/h11,14,19-20,22-23,27-30,32-33,35-36,42,45,56,59,65-66H,7-10,12-13,15-18,21,24-26,31,34,37-41,43-44,46-55,57-58,60-64H2,1-6H3,(H-,69,71,73,74)/p+1/b14-11+,22-19-,23-20+,29-27-,30-28+,33-32-,36-35-,45-42+,59-56-. The van der Waals surface area contributed by atoms with Gasteiger partial charge in [-0.25, -0.2) is 4.57 Å². The van der Waals surface area contributed by atoms with Crippen LogP contribution in [0.2, 0.25) is 0 Å². The highest BCUT2D eigenvalue weighted by atomic mass is 31.2. The molecule has 10 heteroatoms. The smallest absolute Gasteiger partial charge is 0.456 e. The number of nitrogens with zero attached hydrogens (tertiary/aromatic N) is 1. The Morgan fingerprint density at radius 3 is 1.27 bits per heavy atom. The first-order valence-corrected chi connectivity index (χ1v) is 33.2. The number of hydrogen-bond donors (Lipinski definition) is 2. The molecule has 0 aromatic carbocycles. The average molecular weight is 1110 g/mol. The Kier molecular flexibility index (Phi) is 54.5. The number of allylic oxidation sites excluding steroid dienone is 17. The number of hydrogen-bond acceptors (Lipinski definition) is 6. The number of ether oxygens (including phenoxy) is 1. The Hall–Kier alpha value is -3.33. The number of carbonyl (C=O) groups is 2. The fourth-order valence-electron chi connectivity index (χ4n) is 8.56. The monoisotopic (exact) mass is 1110 g/mol. The average Bonchev–Trinajstić information content (AvgIpc) is 3.40. The van der Waals surface area contributed by atoms with E-state index in [-0.39, 0.29) is 37.9 Å². The molecule has 0 saturated heterocycles. The first-order chi connectivity index (χ1) is 37.9. The number of carbonyl (C=O) groups excluding carboxylic acids is 2. The van der Waals surface area contributed by atoms with Gasteiger partial charge in [-0.05, 0) is 115 Å². The van der Waals surface area contributed by atoms with Gasteiger partial charge in [0, 0.05) is 12.8 Å². The van der Waals surface area contributed by atoms with E-state index < -0.39 is 20.0 Å². The van der Waals surface area contributed by atoms with Crippen LogP contribution in [0.5, 0.6) is 0 Å². The molecule has 448 valence electrons. The largest absolute Gasteiger partial charge is 0.472 e. The maximum Gasteiger partial charge on any atom is 0.472 e. The summed E-state index contributed by atoms with van der Waals surface area (Å²) in [7, 11) is 1.46. The first kappa shape index (κ1) is 74.7. The van der Waals surface area contributed by atoms with E-state index in [1.54, 1.807) is 0 Å². The van der Waals surface area contributed by atoms with Crippen molar-refractivity contribution in [1.82, 2.24) is 5.32 Å². The Morgan fingerprint density at radius 2 is 0.821 bits per heavy atom. The van der Waals surface area contributed by atoms with E-state index in [0.717, 1.165) is 116 Å². The molecule has 0 aliphatic heterocycles. The molecule has 2 N–H and O–H groups in total. The van der Waals surface area contributed by atoms with Gasteiger partial charge in [0.05, 0.1) is 33.8 Å². The fraction of sp³-hybridized carbons (Fsp3) is 0.706. The number of rotatable bonds is 56. The lowest BCUT2D eigenvalue weighted by Crippen LogP contribution is -2.47. The van der Waals surface area contributed by atoms with E-state index in [2.05, 4.69) is 123 Å². The van der Waals surface area contributed by atoms with Crippen molar-refractivity contribution >= 4 is 19.7 Å². The number of unbranched alkanes of at least 4 members (excludes halogenated alkanes) is 24. The number of nitrogens with one attached hydrogen (secondary N) is 1. The van der Waals surface area contributed by atoms with Gasteiger partial charge in [-0.15, -0.1) is 0 Å². The maximum absolute atomic E-state index is 13.5. The van der Waals surface area contributed by atoms with E-state index in [9.17, 15) is 19.0 Å². The molecule has 3 atom stereocenters. The second-order valence-corrected chi connectivity index (χ2v) is 23.6. The quantitative estimate of drug-likeness (QED) is 0.0205. The van der Waals surface area contributed by atoms with Crippen LogP contribution in [-0.4, -0.2) is 74.3 Å². The van der Waals surface area contributed by atoms with E-state index >= 15 is 0 Å². The second-order valence-electron chi connectivity index (χ2n) is 22.2. The highest BCUT2D eigenvalue weighted by molar-refractivity contribution is 7.47. The minimum atomic E-state index is -4.46. The van der Waals surface area contributed by atoms with Crippen molar-refractivity contribution in [2.75, 3.05) is 40.9 Å². The van der Waals surface area contributed by atoms with Crippen LogP contribution in [0.15, 0.2) is 109 Å². The van der Waals surface area contributed by atoms with Gasteiger partial charge in [-0.3, -0.25) is 18.6 Å². The third-order valence-electron chi connectivity index (χ3n) is 13.4. The van der Waals surface area contributed by atoms with Gasteiger partial charge in [-0.1, -0.05) is 240 Å². The lowest BCUT2D eigenvalue weighted by molar-refractivity contribution is -0.870. The van der Waals surface area contributed by atoms with Crippen molar-refractivity contribution in [3.63, 3.8) is 0 Å². The van der Waals surface area contributed by atoms with Gasteiger partial charge in [-0.2, -0.15) is 0 Å². The van der Waals surface area contributed by atoms with Gasteiger partial charge >= 0.3 is 13.8 Å². The molecule has 0 heterocycles. The first-order valence-electron chi connectivity index (χ1n) is 31.7. The molecule has 0 aromatic heterocycles. The summed E-state index contributed by atoms with van der Waals surface area (Å²) in [6, 6.07) is -0.874. The normalized spacial score (nSPS) is 14.4. The number of amides is 1. The number of quaternary nitrogens is 1. The zero-order valence-electron chi connectivity index (χ0n) is 51.1. The molecule has 0 bridgehead atoms. The Labute approximate surface area is 481 Å². The highest BCUT2D eigenvalue weighted by Crippen LogP contribution is 2.43. The molecule has 0 radical (unpaired) electrons. The summed E-state index contributed by atoms with van der Waals surface area (Å²) in [5, 5.41) is 3.03. The van der Waals surface area contributed by atoms with E-state index in [4.69, 9.17) is 13.8 Å². The van der Waals surface area contributed by atoms with Crippen molar-refractivity contribution in [3.8, 4) is 0 Å². The third kappa shape index (κ3) is 57.4. The van der Waals surface area contributed by atoms with Gasteiger partial charge in [0.15, 0.2) is 0 Å². The van der Waals surface area contributed by atoms with Crippen LogP contribution in [-0.2, 0) is 27.9 Å². The van der Waals surface area contributed by atoms with Gasteiger partial charge in [0.2, 0.25) is 5.91 Å². The van der Waals surface area contributed by atoms with E-state index in [1.165, 1.54) is 103 Å². The SMILES string of the molecule is CC/C=C/C/C=C/C/C=C/C/C=C/CCCCCC(=O)NC(COP(=O)(O)OCC[N+](C)(C)C)C(/C=C\CCCCCCCCCCC)OC(=O)CCCCCCCCCCC/C=C\C/C=C\C/C=C\C/C=C\CCCCC. The molecule has 9 nitrogen and oxygen atoms in total. The molecule has 78 heavy (non-hydrogen) atoms. The van der Waals surface area contributed by atoms with Crippen molar-refractivity contribution in [3.05, 3.63) is 109 Å². The van der Waals surface area contributed by atoms with Crippen molar-refractivity contribution in [2.45, 2.75) is 270 Å². The molecule has 0 aliphatic carbocycles. The minimum absolute atomic E-state index is 0.0274. The lowest BCUT2D eigenvalue weighted by atomic mass is 10.1. The van der Waals surface area contributed by atoms with E-state index in [1.807, 2.05) is 33.3 Å². The summed E-state index contributed by atoms with van der Waals surface area (Å²) in [4.78, 5) is 37.7. The zero-order valence-corrected chi connectivity index (χ0v) is 52.0. The number of phosphoric ester groups is 1. The molecule has 0 aromatic rings. The summed E-state index contributed by atoms with van der Waals surface area (Å²) in [5.74, 6) is -0.554. The summed E-state index contributed by atoms with van der Waals surface area (Å²) in [6.45, 7) is 6.82. The lowest BCUT2D eigenvalue weighted by Gasteiger charge is -2.27. The van der Waals surface area contributed by atoms with Crippen LogP contribution < -0.4 is 5.32 Å². The van der Waals surface area contributed by atoms with E-state index in [0.29, 0.717) is 17.4 Å². The fourth-order valence-corrected chi connectivity index (χ4v) is 9.30. The summed E-state index contributed by atoms with van der Waals surface area (Å²) < 4.78 is 30.7. The predicted octanol–water partition coefficient (Wildman–Crippen LogP) is 19.7. The highest BCUT2D eigenvalue weighted by Gasteiger charge is 2.30. The van der Waals surface area contributed by atoms with Crippen LogP contribution in [0.4, 0.5) is 0 Å². The number of likely N-dealkylation sites (N-methyl/N-ethyl adjacent to an activating group) is 1. The molecule has 0 spiro atoms. The van der Waals surface area contributed by atoms with Crippen LogP contribution in [0.3, 0.4) is 0 Å². The topological polar surface area (TPSA) is 111 Å². The van der Waals surface area contributed by atoms with Crippen LogP contribution in [0.25, 0.3) is 0 Å². The molecule has 0 rings (SSSR count). The maximum atomic E-state index is 13.5. The van der Waals surface area contributed by atoms with Crippen molar-refractivity contribution in [2.24, 2.45) is 0 Å². The van der Waals surface area contributed by atoms with Gasteiger partial charge < -0.3 is 19.4 Å². The Balaban J connectivity index is 5.19. The van der Waals surface area contributed by atoms with Crippen LogP contribution in [0.1, 0.15) is 258 Å². The Morgan fingerprint density at radius 1 is 0.462 bits per heavy atom. The van der Waals surface area contributed by atoms with Crippen molar-refractivity contribution in [1.29, 1.82) is 0 Å². The van der Waals surface area contributed by atoms with Gasteiger partial charge in [0.1, 0.15) is 19.3 Å². The predicted molar refractivity (Wildman–Crippen MR) is 337 cm³/mol. The molecule has 3 unspecified atom stereocenters. The number of esters is 1. The summed E-state index contributed by atoms with van der Waals surface area (Å²) in [5.41, 5.74) is 0.